The monoisotopic (exact) mass is 223 g/mol. The maximum atomic E-state index is 6.25. The van der Waals surface area contributed by atoms with Gasteiger partial charge in [0.25, 0.3) is 0 Å². The van der Waals surface area contributed by atoms with Crippen molar-refractivity contribution in [1.29, 1.82) is 0 Å². The molecule has 15 heavy (non-hydrogen) atoms. The van der Waals surface area contributed by atoms with Gasteiger partial charge in [0, 0.05) is 16.6 Å². The molecule has 1 fully saturated rings. The molecule has 1 aliphatic heterocycles. The lowest BCUT2D eigenvalue weighted by atomic mass is 9.82. The number of benzene rings is 1. The van der Waals surface area contributed by atoms with E-state index in [0.717, 1.165) is 5.02 Å². The molecule has 1 aromatic carbocycles. The van der Waals surface area contributed by atoms with E-state index >= 15 is 0 Å². The van der Waals surface area contributed by atoms with E-state index in [1.54, 1.807) is 0 Å². The highest BCUT2D eigenvalue weighted by atomic mass is 35.5. The molecule has 1 heterocycles. The molecule has 0 spiro atoms. The molecule has 1 nitrogen and oxygen atoms in total. The first-order valence-electron chi connectivity index (χ1n) is 5.64. The van der Waals surface area contributed by atoms with E-state index in [1.807, 2.05) is 12.1 Å². The highest BCUT2D eigenvalue weighted by Crippen LogP contribution is 2.35. The van der Waals surface area contributed by atoms with Crippen molar-refractivity contribution in [2.75, 3.05) is 0 Å². The van der Waals surface area contributed by atoms with Crippen LogP contribution < -0.4 is 5.32 Å². The fourth-order valence-corrected chi connectivity index (χ4v) is 2.92. The largest absolute Gasteiger partial charge is 0.305 e. The summed E-state index contributed by atoms with van der Waals surface area (Å²) < 4.78 is 0. The first-order chi connectivity index (χ1) is 7.12. The molecule has 0 bridgehead atoms. The second kappa shape index (κ2) is 4.15. The van der Waals surface area contributed by atoms with Crippen LogP contribution >= 0.6 is 11.6 Å². The lowest BCUT2D eigenvalue weighted by molar-refractivity contribution is 0.236. The summed E-state index contributed by atoms with van der Waals surface area (Å²) in [4.78, 5) is 0. The number of rotatable bonds is 1. The summed E-state index contributed by atoms with van der Waals surface area (Å²) in [6, 6.07) is 8.74. The zero-order chi connectivity index (χ0) is 10.9. The summed E-state index contributed by atoms with van der Waals surface area (Å²) in [5.41, 5.74) is 1.29. The predicted octanol–water partition coefficient (Wildman–Crippen LogP) is 3.72. The summed E-state index contributed by atoms with van der Waals surface area (Å²) in [6.07, 6.45) is 3.71. The van der Waals surface area contributed by atoms with Gasteiger partial charge in [-0.1, -0.05) is 29.8 Å². The standard InChI is InChI=1S/C13H18ClN/c1-10-6-5-9-13(2,15-10)11-7-3-4-8-12(11)14/h3-4,7-8,10,15H,5-6,9H2,1-2H3. The van der Waals surface area contributed by atoms with Crippen LogP contribution in [-0.2, 0) is 5.54 Å². The third kappa shape index (κ3) is 2.19. The fraction of sp³-hybridized carbons (Fsp3) is 0.538. The molecule has 0 aliphatic carbocycles. The lowest BCUT2D eigenvalue weighted by Gasteiger charge is -2.39. The Balaban J connectivity index is 2.32. The van der Waals surface area contributed by atoms with Crippen molar-refractivity contribution >= 4 is 11.6 Å². The Morgan fingerprint density at radius 3 is 2.80 bits per heavy atom. The first-order valence-corrected chi connectivity index (χ1v) is 6.02. The van der Waals surface area contributed by atoms with Crippen LogP contribution in [0.2, 0.25) is 5.02 Å². The molecule has 2 heteroatoms. The molecule has 0 saturated carbocycles. The molecule has 0 aromatic heterocycles. The number of nitrogens with one attached hydrogen (secondary N) is 1. The summed E-state index contributed by atoms with van der Waals surface area (Å²) in [5, 5.41) is 4.54. The second-order valence-corrected chi connectivity index (χ2v) is 5.16. The van der Waals surface area contributed by atoms with E-state index in [9.17, 15) is 0 Å². The summed E-state index contributed by atoms with van der Waals surface area (Å²) in [6.45, 7) is 4.50. The predicted molar refractivity (Wildman–Crippen MR) is 65.3 cm³/mol. The van der Waals surface area contributed by atoms with Crippen LogP contribution in [0.1, 0.15) is 38.7 Å². The molecule has 0 radical (unpaired) electrons. The molecule has 1 saturated heterocycles. The normalized spacial score (nSPS) is 31.5. The van der Waals surface area contributed by atoms with Gasteiger partial charge in [0.1, 0.15) is 0 Å². The minimum Gasteiger partial charge on any atom is -0.305 e. The van der Waals surface area contributed by atoms with Crippen LogP contribution in [0.5, 0.6) is 0 Å². The first kappa shape index (κ1) is 11.0. The number of piperidine rings is 1. The minimum atomic E-state index is 0.0516. The Morgan fingerprint density at radius 2 is 2.13 bits per heavy atom. The molecule has 82 valence electrons. The number of hydrogen-bond acceptors (Lipinski definition) is 1. The van der Waals surface area contributed by atoms with E-state index in [1.165, 1.54) is 24.8 Å². The summed E-state index contributed by atoms with van der Waals surface area (Å²) in [5.74, 6) is 0. The Kier molecular flexibility index (Phi) is 3.03. The average Bonchev–Trinajstić information content (AvgIpc) is 2.17. The van der Waals surface area contributed by atoms with Gasteiger partial charge < -0.3 is 5.32 Å². The third-order valence-corrected chi connectivity index (χ3v) is 3.68. The van der Waals surface area contributed by atoms with Crippen LogP contribution in [0.15, 0.2) is 24.3 Å². The van der Waals surface area contributed by atoms with Crippen molar-refractivity contribution in [3.8, 4) is 0 Å². The van der Waals surface area contributed by atoms with Gasteiger partial charge in [0.15, 0.2) is 0 Å². The SMILES string of the molecule is CC1CCCC(C)(c2ccccc2Cl)N1. The quantitative estimate of drug-likeness (QED) is 0.765. The number of hydrogen-bond donors (Lipinski definition) is 1. The van der Waals surface area contributed by atoms with E-state index < -0.39 is 0 Å². The van der Waals surface area contributed by atoms with Gasteiger partial charge in [-0.15, -0.1) is 0 Å². The molecule has 2 rings (SSSR count). The van der Waals surface area contributed by atoms with E-state index in [2.05, 4.69) is 31.3 Å². The van der Waals surface area contributed by atoms with Crippen LogP contribution in [-0.4, -0.2) is 6.04 Å². The van der Waals surface area contributed by atoms with E-state index in [-0.39, 0.29) is 5.54 Å². The van der Waals surface area contributed by atoms with Crippen molar-refractivity contribution in [1.82, 2.24) is 5.32 Å². The van der Waals surface area contributed by atoms with Crippen molar-refractivity contribution in [2.45, 2.75) is 44.7 Å². The van der Waals surface area contributed by atoms with Gasteiger partial charge in [0.05, 0.1) is 0 Å². The Hall–Kier alpha value is -0.530. The fourth-order valence-electron chi connectivity index (χ4n) is 2.57. The summed E-state index contributed by atoms with van der Waals surface area (Å²) in [7, 11) is 0. The van der Waals surface area contributed by atoms with Gasteiger partial charge in [-0.05, 0) is 44.7 Å². The van der Waals surface area contributed by atoms with Crippen molar-refractivity contribution < 1.29 is 0 Å². The topological polar surface area (TPSA) is 12.0 Å². The van der Waals surface area contributed by atoms with Gasteiger partial charge in [-0.25, -0.2) is 0 Å². The zero-order valence-corrected chi connectivity index (χ0v) is 10.1. The van der Waals surface area contributed by atoms with E-state index in [4.69, 9.17) is 11.6 Å². The molecular formula is C13H18ClN. The Bertz CT molecular complexity index is 350. The molecular weight excluding hydrogens is 206 g/mol. The maximum Gasteiger partial charge on any atom is 0.0456 e. The van der Waals surface area contributed by atoms with E-state index in [0.29, 0.717) is 6.04 Å². The maximum absolute atomic E-state index is 6.25. The number of halogens is 1. The Labute approximate surface area is 96.8 Å². The second-order valence-electron chi connectivity index (χ2n) is 4.75. The van der Waals surface area contributed by atoms with Gasteiger partial charge in [-0.2, -0.15) is 0 Å². The zero-order valence-electron chi connectivity index (χ0n) is 9.39. The van der Waals surface area contributed by atoms with Gasteiger partial charge >= 0.3 is 0 Å². The molecule has 1 aliphatic rings. The smallest absolute Gasteiger partial charge is 0.0456 e. The lowest BCUT2D eigenvalue weighted by Crippen LogP contribution is -2.48. The van der Waals surface area contributed by atoms with Crippen molar-refractivity contribution in [3.63, 3.8) is 0 Å². The molecule has 2 unspecified atom stereocenters. The molecule has 0 amide bonds. The highest BCUT2D eigenvalue weighted by Gasteiger charge is 2.32. The highest BCUT2D eigenvalue weighted by molar-refractivity contribution is 6.31. The molecule has 1 aromatic rings. The minimum absolute atomic E-state index is 0.0516. The average molecular weight is 224 g/mol. The Morgan fingerprint density at radius 1 is 1.40 bits per heavy atom. The molecule has 2 atom stereocenters. The van der Waals surface area contributed by atoms with Crippen LogP contribution in [0.4, 0.5) is 0 Å². The van der Waals surface area contributed by atoms with Crippen molar-refractivity contribution in [3.05, 3.63) is 34.9 Å². The van der Waals surface area contributed by atoms with Crippen LogP contribution in [0.3, 0.4) is 0 Å². The third-order valence-electron chi connectivity index (χ3n) is 3.35. The molecule has 1 N–H and O–H groups in total. The summed E-state index contributed by atoms with van der Waals surface area (Å²) >= 11 is 6.25. The van der Waals surface area contributed by atoms with Gasteiger partial charge in [0.2, 0.25) is 0 Å². The van der Waals surface area contributed by atoms with Gasteiger partial charge in [-0.3, -0.25) is 0 Å². The van der Waals surface area contributed by atoms with Crippen LogP contribution in [0.25, 0.3) is 0 Å². The van der Waals surface area contributed by atoms with Crippen LogP contribution in [0, 0.1) is 0 Å². The van der Waals surface area contributed by atoms with Crippen molar-refractivity contribution in [2.24, 2.45) is 0 Å².